The van der Waals surface area contributed by atoms with Crippen molar-refractivity contribution in [1.82, 2.24) is 0 Å². The van der Waals surface area contributed by atoms with Gasteiger partial charge in [-0.2, -0.15) is 0 Å². The summed E-state index contributed by atoms with van der Waals surface area (Å²) in [6.07, 6.45) is 0.965. The Balaban J connectivity index is 0.00000144. The average molecular weight is 256 g/mol. The lowest BCUT2D eigenvalue weighted by Gasteiger charge is -2.21. The van der Waals surface area contributed by atoms with Gasteiger partial charge in [-0.25, -0.2) is 0 Å². The lowest BCUT2D eigenvalue weighted by atomic mass is 9.94. The molecule has 0 saturated carbocycles. The summed E-state index contributed by atoms with van der Waals surface area (Å²) in [4.78, 5) is 4.58. The van der Waals surface area contributed by atoms with Gasteiger partial charge in [-0.15, -0.1) is 12.4 Å². The second-order valence-corrected chi connectivity index (χ2v) is 4.13. The number of halogens is 1. The molecule has 4 heteroatoms. The lowest BCUT2D eigenvalue weighted by Crippen LogP contribution is -2.17. The molecular formula is C13H18ClNO2. The predicted molar refractivity (Wildman–Crippen MR) is 72.2 cm³/mol. The van der Waals surface area contributed by atoms with Gasteiger partial charge >= 0.3 is 0 Å². The van der Waals surface area contributed by atoms with Gasteiger partial charge in [0.25, 0.3) is 0 Å². The highest BCUT2D eigenvalue weighted by Crippen LogP contribution is 2.33. The molecule has 0 aromatic heterocycles. The van der Waals surface area contributed by atoms with Crippen LogP contribution >= 0.6 is 12.4 Å². The van der Waals surface area contributed by atoms with Crippen LogP contribution in [0.5, 0.6) is 11.5 Å². The van der Waals surface area contributed by atoms with E-state index < -0.39 is 0 Å². The Morgan fingerprint density at radius 2 is 1.76 bits per heavy atom. The number of methoxy groups -OCH3 is 2. The monoisotopic (exact) mass is 255 g/mol. The van der Waals surface area contributed by atoms with Gasteiger partial charge in [0.1, 0.15) is 0 Å². The minimum Gasteiger partial charge on any atom is -0.493 e. The molecule has 1 aliphatic heterocycles. The molecule has 0 bridgehead atoms. The van der Waals surface area contributed by atoms with E-state index in [1.165, 1.54) is 11.1 Å². The zero-order valence-electron chi connectivity index (χ0n) is 10.6. The Hall–Kier alpha value is -1.22. The first kappa shape index (κ1) is 13.8. The Kier molecular flexibility index (Phi) is 4.40. The van der Waals surface area contributed by atoms with E-state index in [0.717, 1.165) is 23.6 Å². The lowest BCUT2D eigenvalue weighted by molar-refractivity contribution is 0.354. The van der Waals surface area contributed by atoms with Crippen molar-refractivity contribution in [3.63, 3.8) is 0 Å². The molecule has 1 heterocycles. The number of hydrogen-bond donors (Lipinski definition) is 0. The maximum absolute atomic E-state index is 5.31. The molecule has 0 radical (unpaired) electrons. The number of benzene rings is 1. The Morgan fingerprint density at radius 3 is 2.35 bits per heavy atom. The van der Waals surface area contributed by atoms with Crippen molar-refractivity contribution in [3.8, 4) is 11.5 Å². The van der Waals surface area contributed by atoms with Crippen LogP contribution in [0.1, 0.15) is 25.0 Å². The maximum Gasteiger partial charge on any atom is 0.161 e. The van der Waals surface area contributed by atoms with Crippen LogP contribution in [0.15, 0.2) is 17.1 Å². The van der Waals surface area contributed by atoms with Gasteiger partial charge < -0.3 is 9.47 Å². The normalized spacial score (nSPS) is 17.6. The molecule has 0 aliphatic carbocycles. The Morgan fingerprint density at radius 1 is 1.18 bits per heavy atom. The predicted octanol–water partition coefficient (Wildman–Crippen LogP) is 2.88. The summed E-state index contributed by atoms with van der Waals surface area (Å²) in [6.45, 7) is 4.17. The van der Waals surface area contributed by atoms with E-state index in [9.17, 15) is 0 Å². The number of fused-ring (bicyclic) bond motifs is 1. The molecule has 17 heavy (non-hydrogen) atoms. The van der Waals surface area contributed by atoms with Crippen molar-refractivity contribution in [2.45, 2.75) is 26.3 Å². The van der Waals surface area contributed by atoms with E-state index in [1.54, 1.807) is 14.2 Å². The van der Waals surface area contributed by atoms with Crippen molar-refractivity contribution < 1.29 is 9.47 Å². The quantitative estimate of drug-likeness (QED) is 0.814. The molecule has 0 spiro atoms. The molecule has 94 valence electrons. The molecular weight excluding hydrogens is 238 g/mol. The molecule has 0 amide bonds. The first-order valence-corrected chi connectivity index (χ1v) is 5.45. The highest BCUT2D eigenvalue weighted by molar-refractivity contribution is 6.01. The highest BCUT2D eigenvalue weighted by Gasteiger charge is 2.18. The van der Waals surface area contributed by atoms with Gasteiger partial charge in [0.15, 0.2) is 11.5 Å². The zero-order chi connectivity index (χ0) is 11.7. The fourth-order valence-corrected chi connectivity index (χ4v) is 2.19. The first-order valence-electron chi connectivity index (χ1n) is 5.45. The summed E-state index contributed by atoms with van der Waals surface area (Å²) in [7, 11) is 3.32. The number of rotatable bonds is 2. The SMILES string of the molecule is COc1cc2c(cc1OC)C(C)=NC(C)C2.Cl. The second-order valence-electron chi connectivity index (χ2n) is 4.13. The Labute approximate surface area is 108 Å². The first-order chi connectivity index (χ1) is 7.65. The summed E-state index contributed by atoms with van der Waals surface area (Å²) >= 11 is 0. The van der Waals surface area contributed by atoms with Crippen LogP contribution in [0, 0.1) is 0 Å². The van der Waals surface area contributed by atoms with E-state index in [4.69, 9.17) is 9.47 Å². The van der Waals surface area contributed by atoms with Gasteiger partial charge in [-0.05, 0) is 38.0 Å². The molecule has 0 saturated heterocycles. The molecule has 1 atom stereocenters. The summed E-state index contributed by atoms with van der Waals surface area (Å²) in [5, 5.41) is 0. The molecule has 0 fully saturated rings. The summed E-state index contributed by atoms with van der Waals surface area (Å²) in [6, 6.07) is 4.42. The van der Waals surface area contributed by atoms with Crippen LogP contribution in [0.25, 0.3) is 0 Å². The third kappa shape index (κ3) is 2.55. The largest absolute Gasteiger partial charge is 0.493 e. The van der Waals surface area contributed by atoms with Gasteiger partial charge in [0.2, 0.25) is 0 Å². The fourth-order valence-electron chi connectivity index (χ4n) is 2.19. The third-order valence-electron chi connectivity index (χ3n) is 2.93. The molecule has 1 aromatic carbocycles. The summed E-state index contributed by atoms with van der Waals surface area (Å²) in [5.41, 5.74) is 3.54. The van der Waals surface area contributed by atoms with Crippen molar-refractivity contribution in [3.05, 3.63) is 23.3 Å². The molecule has 1 aromatic rings. The highest BCUT2D eigenvalue weighted by atomic mass is 35.5. The minimum atomic E-state index is 0. The van der Waals surface area contributed by atoms with Crippen molar-refractivity contribution in [1.29, 1.82) is 0 Å². The van der Waals surface area contributed by atoms with Gasteiger partial charge in [-0.3, -0.25) is 4.99 Å². The van der Waals surface area contributed by atoms with E-state index >= 15 is 0 Å². The van der Waals surface area contributed by atoms with Crippen molar-refractivity contribution in [2.75, 3.05) is 14.2 Å². The zero-order valence-corrected chi connectivity index (χ0v) is 11.4. The van der Waals surface area contributed by atoms with Crippen LogP contribution in [0.2, 0.25) is 0 Å². The van der Waals surface area contributed by atoms with Crippen LogP contribution < -0.4 is 9.47 Å². The van der Waals surface area contributed by atoms with Crippen molar-refractivity contribution >= 4 is 18.1 Å². The van der Waals surface area contributed by atoms with Gasteiger partial charge in [0, 0.05) is 11.3 Å². The standard InChI is InChI=1S/C13H17NO2.ClH/c1-8-5-10-6-12(15-3)13(16-4)7-11(10)9(2)14-8;/h6-8H,5H2,1-4H3;1H. The van der Waals surface area contributed by atoms with E-state index in [1.807, 2.05) is 13.0 Å². The molecule has 1 unspecified atom stereocenters. The smallest absolute Gasteiger partial charge is 0.161 e. The molecule has 0 N–H and O–H groups in total. The van der Waals surface area contributed by atoms with E-state index in [-0.39, 0.29) is 12.4 Å². The summed E-state index contributed by atoms with van der Waals surface area (Å²) < 4.78 is 10.6. The van der Waals surface area contributed by atoms with Crippen LogP contribution in [0.3, 0.4) is 0 Å². The topological polar surface area (TPSA) is 30.8 Å². The van der Waals surface area contributed by atoms with E-state index in [0.29, 0.717) is 6.04 Å². The van der Waals surface area contributed by atoms with Crippen LogP contribution in [0.4, 0.5) is 0 Å². The molecule has 1 aliphatic rings. The van der Waals surface area contributed by atoms with Gasteiger partial charge in [0.05, 0.1) is 20.3 Å². The maximum atomic E-state index is 5.31. The minimum absolute atomic E-state index is 0. The molecule has 2 rings (SSSR count). The van der Waals surface area contributed by atoms with E-state index in [2.05, 4.69) is 18.0 Å². The summed E-state index contributed by atoms with van der Waals surface area (Å²) in [5.74, 6) is 1.56. The average Bonchev–Trinajstić information content (AvgIpc) is 2.27. The fraction of sp³-hybridized carbons (Fsp3) is 0.462. The Bertz CT molecular complexity index is 443. The van der Waals surface area contributed by atoms with Crippen molar-refractivity contribution in [2.24, 2.45) is 4.99 Å². The van der Waals surface area contributed by atoms with Crippen LogP contribution in [-0.2, 0) is 6.42 Å². The number of ether oxygens (including phenoxy) is 2. The molecule has 3 nitrogen and oxygen atoms in total. The number of nitrogens with zero attached hydrogens (tertiary/aromatic N) is 1. The second kappa shape index (κ2) is 5.41. The number of hydrogen-bond acceptors (Lipinski definition) is 3. The van der Waals surface area contributed by atoms with Crippen LogP contribution in [-0.4, -0.2) is 26.0 Å². The number of aliphatic imine (C=N–C) groups is 1. The third-order valence-corrected chi connectivity index (χ3v) is 2.93. The van der Waals surface area contributed by atoms with Gasteiger partial charge in [-0.1, -0.05) is 0 Å².